The van der Waals surface area contributed by atoms with Crippen LogP contribution in [-0.2, 0) is 9.53 Å². The highest BCUT2D eigenvalue weighted by atomic mass is 16.5. The van der Waals surface area contributed by atoms with Crippen molar-refractivity contribution in [2.75, 3.05) is 7.11 Å². The van der Waals surface area contributed by atoms with Crippen molar-refractivity contribution in [3.8, 4) is 0 Å². The van der Waals surface area contributed by atoms with E-state index in [4.69, 9.17) is 19.7 Å². The van der Waals surface area contributed by atoms with E-state index in [1.54, 1.807) is 0 Å². The molecule has 0 saturated heterocycles. The van der Waals surface area contributed by atoms with Crippen LogP contribution in [0.1, 0.15) is 70.3 Å². The average molecular weight is 523 g/mol. The lowest BCUT2D eigenvalue weighted by atomic mass is 9.69. The van der Waals surface area contributed by atoms with Gasteiger partial charge >= 0.3 is 5.97 Å². The summed E-state index contributed by atoms with van der Waals surface area (Å²) in [4.78, 5) is 30.9. The van der Waals surface area contributed by atoms with Crippen molar-refractivity contribution < 1.29 is 14.6 Å². The second-order valence-electron chi connectivity index (χ2n) is 11.5. The first-order chi connectivity index (χ1) is 18.6. The molecular weight excluding hydrogens is 488 g/mol. The van der Waals surface area contributed by atoms with Gasteiger partial charge < -0.3 is 14.8 Å². The molecule has 7 heteroatoms. The third kappa shape index (κ3) is 4.11. The van der Waals surface area contributed by atoms with Crippen LogP contribution in [0.2, 0.25) is 0 Å². The predicted octanol–water partition coefficient (Wildman–Crippen LogP) is 6.73. The molecule has 0 radical (unpaired) electrons. The molecule has 0 spiro atoms. The van der Waals surface area contributed by atoms with E-state index in [0.717, 1.165) is 68.6 Å². The van der Waals surface area contributed by atoms with Crippen LogP contribution < -0.4 is 0 Å². The largest absolute Gasteiger partial charge is 0.512 e. The fraction of sp³-hybridized carbons (Fsp3) is 0.375. The van der Waals surface area contributed by atoms with Crippen LogP contribution in [0.25, 0.3) is 12.2 Å². The van der Waals surface area contributed by atoms with Crippen LogP contribution >= 0.6 is 0 Å². The second-order valence-corrected chi connectivity index (χ2v) is 11.5. The van der Waals surface area contributed by atoms with Crippen LogP contribution in [0, 0.1) is 18.3 Å². The van der Waals surface area contributed by atoms with E-state index in [1.807, 2.05) is 13.0 Å². The van der Waals surface area contributed by atoms with Crippen molar-refractivity contribution in [2.24, 2.45) is 26.3 Å². The number of H-pyrrole nitrogens is 1. The van der Waals surface area contributed by atoms with Gasteiger partial charge in [0.25, 0.3) is 0 Å². The Labute approximate surface area is 228 Å². The second kappa shape index (κ2) is 9.04. The molecule has 1 unspecified atom stereocenters. The van der Waals surface area contributed by atoms with Crippen LogP contribution in [0.3, 0.4) is 0 Å². The zero-order valence-electron chi connectivity index (χ0n) is 23.4. The minimum Gasteiger partial charge on any atom is -0.512 e. The maximum Gasteiger partial charge on any atom is 0.305 e. The summed E-state index contributed by atoms with van der Waals surface area (Å²) in [6, 6.07) is 2.14. The SMILES string of the molecule is COC(=O)CCC1=C(C)C2=CC3=NC(=Cc4cc(C)c([nH]4)C=C4N=C5C(=C(O)CCC5C4(C)C)C1=N2)C(C)=C3. The zero-order valence-corrected chi connectivity index (χ0v) is 23.4. The number of aliphatic hydroxyl groups is 1. The average Bonchev–Trinajstić information content (AvgIpc) is 3.57. The van der Waals surface area contributed by atoms with Crippen LogP contribution in [0.4, 0.5) is 0 Å². The molecule has 6 rings (SSSR count). The number of esters is 1. The monoisotopic (exact) mass is 522 g/mol. The first-order valence-corrected chi connectivity index (χ1v) is 13.6. The van der Waals surface area contributed by atoms with E-state index < -0.39 is 0 Å². The molecule has 1 aromatic rings. The standard InChI is InChI=1S/C32H34N4O3/c1-16-11-20-14-25-18(3)21(7-10-28(38)39-6)30(35-25)29-26(37)9-8-22-31(29)36-27(32(22,4)5)15-24-17(2)12-19(34-24)13-23(16)33-20/h11-15,22,34,37H,7-10H2,1-6H3. The van der Waals surface area contributed by atoms with E-state index in [0.29, 0.717) is 29.9 Å². The van der Waals surface area contributed by atoms with Crippen LogP contribution in [0.5, 0.6) is 0 Å². The third-order valence-corrected chi connectivity index (χ3v) is 8.67. The molecule has 200 valence electrons. The number of hydrogen-bond acceptors (Lipinski definition) is 6. The lowest BCUT2D eigenvalue weighted by molar-refractivity contribution is -0.140. The minimum absolute atomic E-state index is 0.144. The van der Waals surface area contributed by atoms with Gasteiger partial charge in [-0.3, -0.25) is 9.79 Å². The summed E-state index contributed by atoms with van der Waals surface area (Å²) >= 11 is 0. The number of rotatable bonds is 3. The summed E-state index contributed by atoms with van der Waals surface area (Å²) in [7, 11) is 1.40. The van der Waals surface area contributed by atoms with E-state index in [9.17, 15) is 9.90 Å². The first-order valence-electron chi connectivity index (χ1n) is 13.6. The Morgan fingerprint density at radius 2 is 1.90 bits per heavy atom. The Kier molecular flexibility index (Phi) is 5.86. The predicted molar refractivity (Wildman–Crippen MR) is 156 cm³/mol. The molecule has 0 aromatic carbocycles. The molecule has 7 nitrogen and oxygen atoms in total. The molecule has 1 aromatic heterocycles. The van der Waals surface area contributed by atoms with Crippen molar-refractivity contribution >= 4 is 35.3 Å². The van der Waals surface area contributed by atoms with E-state index in [2.05, 4.69) is 57.0 Å². The smallest absolute Gasteiger partial charge is 0.305 e. The van der Waals surface area contributed by atoms with Crippen LogP contribution in [0.15, 0.2) is 78.3 Å². The Balaban J connectivity index is 1.60. The molecule has 5 aliphatic rings. The molecule has 4 aliphatic heterocycles. The topological polar surface area (TPSA) is 99.4 Å². The Morgan fingerprint density at radius 1 is 1.10 bits per heavy atom. The van der Waals surface area contributed by atoms with Gasteiger partial charge in [0.15, 0.2) is 0 Å². The number of carbonyl (C=O) groups excluding carboxylic acids is 1. The summed E-state index contributed by atoms with van der Waals surface area (Å²) in [6.07, 6.45) is 10.4. The normalized spacial score (nSPS) is 23.1. The molecule has 5 heterocycles. The van der Waals surface area contributed by atoms with Gasteiger partial charge in [-0.15, -0.1) is 0 Å². The van der Waals surface area contributed by atoms with Gasteiger partial charge in [0.1, 0.15) is 5.76 Å². The third-order valence-electron chi connectivity index (χ3n) is 8.67. The van der Waals surface area contributed by atoms with E-state index in [-0.39, 0.29) is 23.7 Å². The number of allylic oxidation sites excluding steroid dienone is 8. The number of carbonyl (C=O) groups is 1. The van der Waals surface area contributed by atoms with Gasteiger partial charge in [-0.25, -0.2) is 9.98 Å². The number of nitrogens with one attached hydrogen (secondary N) is 1. The van der Waals surface area contributed by atoms with Crippen molar-refractivity contribution in [2.45, 2.75) is 60.3 Å². The summed E-state index contributed by atoms with van der Waals surface area (Å²) in [6.45, 7) is 10.7. The maximum absolute atomic E-state index is 12.1. The Bertz CT molecular complexity index is 1610. The number of methoxy groups -OCH3 is 1. The van der Waals surface area contributed by atoms with Crippen molar-refractivity contribution in [1.29, 1.82) is 0 Å². The van der Waals surface area contributed by atoms with Gasteiger partial charge in [-0.1, -0.05) is 13.8 Å². The molecule has 0 amide bonds. The van der Waals surface area contributed by atoms with E-state index in [1.165, 1.54) is 7.11 Å². The number of fused-ring (bicyclic) bond motifs is 6. The Hall–Kier alpha value is -4.00. The fourth-order valence-corrected chi connectivity index (χ4v) is 6.24. The van der Waals surface area contributed by atoms with Crippen molar-refractivity contribution in [1.82, 2.24) is 4.98 Å². The maximum atomic E-state index is 12.1. The molecule has 0 saturated carbocycles. The summed E-state index contributed by atoms with van der Waals surface area (Å²) in [5.74, 6) is 0.179. The molecule has 2 N–H and O–H groups in total. The number of aromatic amines is 1. The molecular formula is C32H34N4O3. The summed E-state index contributed by atoms with van der Waals surface area (Å²) in [5, 5.41) is 11.3. The van der Waals surface area contributed by atoms with Gasteiger partial charge in [-0.05, 0) is 86.3 Å². The lowest BCUT2D eigenvalue weighted by Gasteiger charge is -2.32. The zero-order chi connectivity index (χ0) is 27.6. The lowest BCUT2D eigenvalue weighted by Crippen LogP contribution is -2.33. The number of aliphatic imine (C=N–C) groups is 3. The highest BCUT2D eigenvalue weighted by Crippen LogP contribution is 2.51. The number of aromatic nitrogens is 1. The highest BCUT2D eigenvalue weighted by Gasteiger charge is 2.47. The molecule has 8 bridgehead atoms. The number of aryl methyl sites for hydroxylation is 1. The van der Waals surface area contributed by atoms with Gasteiger partial charge in [0.05, 0.1) is 41.2 Å². The van der Waals surface area contributed by atoms with Crippen molar-refractivity contribution in [3.05, 3.63) is 80.3 Å². The first kappa shape index (κ1) is 25.3. The number of aliphatic hydroxyl groups excluding tert-OH is 1. The molecule has 0 fully saturated rings. The highest BCUT2D eigenvalue weighted by molar-refractivity contribution is 6.33. The van der Waals surface area contributed by atoms with Gasteiger partial charge in [0, 0.05) is 41.3 Å². The molecule has 1 aliphatic carbocycles. The van der Waals surface area contributed by atoms with Gasteiger partial charge in [0.2, 0.25) is 0 Å². The van der Waals surface area contributed by atoms with E-state index >= 15 is 0 Å². The number of hydrogen-bond donors (Lipinski definition) is 2. The number of ether oxygens (including phenoxy) is 1. The van der Waals surface area contributed by atoms with Crippen molar-refractivity contribution in [3.63, 3.8) is 0 Å². The molecule has 1 atom stereocenters. The molecule has 39 heavy (non-hydrogen) atoms. The van der Waals surface area contributed by atoms with Gasteiger partial charge in [-0.2, -0.15) is 0 Å². The quantitative estimate of drug-likeness (QED) is 0.431. The fourth-order valence-electron chi connectivity index (χ4n) is 6.24. The Morgan fingerprint density at radius 3 is 2.67 bits per heavy atom. The van der Waals surface area contributed by atoms with Crippen LogP contribution in [-0.4, -0.2) is 40.3 Å². The minimum atomic E-state index is -0.274. The summed E-state index contributed by atoms with van der Waals surface area (Å²) in [5.41, 5.74) is 11.7. The number of nitrogens with zero attached hydrogens (tertiary/aromatic N) is 3. The summed E-state index contributed by atoms with van der Waals surface area (Å²) < 4.78 is 4.94.